The summed E-state index contributed by atoms with van der Waals surface area (Å²) in [5.41, 5.74) is 2.58. The zero-order valence-electron chi connectivity index (χ0n) is 14.5. The van der Waals surface area contributed by atoms with E-state index in [1.165, 1.54) is 19.3 Å². The Morgan fingerprint density at radius 1 is 0.880 bits per heavy atom. The molecule has 1 aliphatic rings. The summed E-state index contributed by atoms with van der Waals surface area (Å²) in [5.74, 6) is 6.23. The molecule has 25 heavy (non-hydrogen) atoms. The van der Waals surface area contributed by atoms with E-state index in [1.807, 2.05) is 54.6 Å². The van der Waals surface area contributed by atoms with Crippen molar-refractivity contribution in [3.05, 3.63) is 71.3 Å². The topological polar surface area (TPSA) is 32.3 Å². The van der Waals surface area contributed by atoms with Crippen molar-refractivity contribution in [1.82, 2.24) is 10.2 Å². The molecule has 128 valence electrons. The maximum atomic E-state index is 12.2. The molecule has 3 nitrogen and oxygen atoms in total. The van der Waals surface area contributed by atoms with Gasteiger partial charge in [-0.25, -0.2) is 0 Å². The second-order valence-corrected chi connectivity index (χ2v) is 6.35. The summed E-state index contributed by atoms with van der Waals surface area (Å²) in [6.07, 6.45) is 3.89. The highest BCUT2D eigenvalue weighted by Gasteiger charge is 2.10. The average Bonchev–Trinajstić information content (AvgIpc) is 2.68. The van der Waals surface area contributed by atoms with Gasteiger partial charge < -0.3 is 10.2 Å². The lowest BCUT2D eigenvalue weighted by Crippen LogP contribution is -2.37. The number of nitrogens with one attached hydrogen (secondary N) is 1. The summed E-state index contributed by atoms with van der Waals surface area (Å²) in [7, 11) is 0. The van der Waals surface area contributed by atoms with Crippen molar-refractivity contribution in [1.29, 1.82) is 0 Å². The highest BCUT2D eigenvalue weighted by molar-refractivity contribution is 5.94. The lowest BCUT2D eigenvalue weighted by Gasteiger charge is -2.26. The van der Waals surface area contributed by atoms with E-state index < -0.39 is 0 Å². The van der Waals surface area contributed by atoms with Crippen LogP contribution in [0, 0.1) is 11.8 Å². The molecule has 0 atom stereocenters. The lowest BCUT2D eigenvalue weighted by atomic mass is 10.1. The van der Waals surface area contributed by atoms with Crippen LogP contribution in [0.3, 0.4) is 0 Å². The Morgan fingerprint density at radius 2 is 1.52 bits per heavy atom. The second-order valence-electron chi connectivity index (χ2n) is 6.35. The van der Waals surface area contributed by atoms with Gasteiger partial charge in [0, 0.05) is 29.8 Å². The van der Waals surface area contributed by atoms with Crippen LogP contribution in [0.15, 0.2) is 54.6 Å². The van der Waals surface area contributed by atoms with Crippen LogP contribution in [-0.4, -0.2) is 37.0 Å². The summed E-state index contributed by atoms with van der Waals surface area (Å²) in [4.78, 5) is 14.6. The maximum absolute atomic E-state index is 12.2. The number of hydrogen-bond donors (Lipinski definition) is 1. The third-order valence-electron chi connectivity index (χ3n) is 4.43. The monoisotopic (exact) mass is 332 g/mol. The van der Waals surface area contributed by atoms with Crippen LogP contribution in [-0.2, 0) is 0 Å². The van der Waals surface area contributed by atoms with Crippen LogP contribution < -0.4 is 5.32 Å². The molecule has 0 spiro atoms. The molecule has 2 aromatic carbocycles. The van der Waals surface area contributed by atoms with E-state index in [-0.39, 0.29) is 5.91 Å². The number of carbonyl (C=O) groups excluding carboxylic acids is 1. The normalized spacial score (nSPS) is 14.4. The SMILES string of the molecule is O=C(NCCN1CCCCC1)c1ccc(C#Cc2ccccc2)cc1. The summed E-state index contributed by atoms with van der Waals surface area (Å²) in [6.45, 7) is 3.95. The lowest BCUT2D eigenvalue weighted by molar-refractivity contribution is 0.0946. The quantitative estimate of drug-likeness (QED) is 0.871. The molecule has 0 radical (unpaired) electrons. The molecular weight excluding hydrogens is 308 g/mol. The zero-order chi connectivity index (χ0) is 17.3. The van der Waals surface area contributed by atoms with E-state index >= 15 is 0 Å². The van der Waals surface area contributed by atoms with Crippen LogP contribution in [0.2, 0.25) is 0 Å². The molecule has 1 N–H and O–H groups in total. The van der Waals surface area contributed by atoms with Crippen LogP contribution in [0.5, 0.6) is 0 Å². The molecule has 3 heteroatoms. The Labute approximate surface area is 150 Å². The Balaban J connectivity index is 1.49. The molecule has 1 saturated heterocycles. The van der Waals surface area contributed by atoms with Crippen LogP contribution >= 0.6 is 0 Å². The molecule has 0 saturated carbocycles. The minimum atomic E-state index is -0.0143. The fraction of sp³-hybridized carbons (Fsp3) is 0.318. The molecule has 3 rings (SSSR count). The van der Waals surface area contributed by atoms with Crippen molar-refractivity contribution in [3.8, 4) is 11.8 Å². The van der Waals surface area contributed by atoms with Crippen LogP contribution in [0.25, 0.3) is 0 Å². The number of benzene rings is 2. The zero-order valence-corrected chi connectivity index (χ0v) is 14.5. The van der Waals surface area contributed by atoms with Gasteiger partial charge in [0.25, 0.3) is 5.91 Å². The van der Waals surface area contributed by atoms with Crippen molar-refractivity contribution in [2.24, 2.45) is 0 Å². The van der Waals surface area contributed by atoms with Gasteiger partial charge in [0.05, 0.1) is 0 Å². The van der Waals surface area contributed by atoms with E-state index in [0.29, 0.717) is 12.1 Å². The van der Waals surface area contributed by atoms with Gasteiger partial charge in [0.2, 0.25) is 0 Å². The van der Waals surface area contributed by atoms with Gasteiger partial charge in [0.15, 0.2) is 0 Å². The highest BCUT2D eigenvalue weighted by atomic mass is 16.1. The average molecular weight is 332 g/mol. The molecule has 0 aromatic heterocycles. The van der Waals surface area contributed by atoms with Gasteiger partial charge in [-0.15, -0.1) is 0 Å². The summed E-state index contributed by atoms with van der Waals surface area (Å²) < 4.78 is 0. The van der Waals surface area contributed by atoms with Crippen LogP contribution in [0.4, 0.5) is 0 Å². The number of likely N-dealkylation sites (tertiary alicyclic amines) is 1. The van der Waals surface area contributed by atoms with Gasteiger partial charge in [-0.05, 0) is 62.3 Å². The predicted octanol–water partition coefficient (Wildman–Crippen LogP) is 3.30. The van der Waals surface area contributed by atoms with Gasteiger partial charge in [-0.2, -0.15) is 0 Å². The number of piperidine rings is 1. The van der Waals surface area contributed by atoms with Crippen molar-refractivity contribution in [3.63, 3.8) is 0 Å². The molecule has 0 unspecified atom stereocenters. The molecule has 1 aliphatic heterocycles. The smallest absolute Gasteiger partial charge is 0.251 e. The van der Waals surface area contributed by atoms with Crippen molar-refractivity contribution in [2.45, 2.75) is 19.3 Å². The Bertz CT molecular complexity index is 735. The molecule has 0 bridgehead atoms. The predicted molar refractivity (Wildman–Crippen MR) is 101 cm³/mol. The number of carbonyl (C=O) groups is 1. The fourth-order valence-electron chi connectivity index (χ4n) is 2.98. The first-order chi connectivity index (χ1) is 12.3. The van der Waals surface area contributed by atoms with Gasteiger partial charge in [-0.3, -0.25) is 4.79 Å². The number of hydrogen-bond acceptors (Lipinski definition) is 2. The van der Waals surface area contributed by atoms with E-state index in [4.69, 9.17) is 0 Å². The molecule has 1 amide bonds. The summed E-state index contributed by atoms with van der Waals surface area (Å²) in [5, 5.41) is 3.01. The van der Waals surface area contributed by atoms with Crippen LogP contribution in [0.1, 0.15) is 40.7 Å². The first-order valence-corrected chi connectivity index (χ1v) is 8.99. The standard InChI is InChI=1S/C22H24N2O/c25-22(23-15-18-24-16-5-2-6-17-24)21-13-11-20(12-14-21)10-9-19-7-3-1-4-8-19/h1,3-4,7-8,11-14H,2,5-6,15-18H2,(H,23,25). The van der Waals surface area contributed by atoms with Crippen molar-refractivity contribution in [2.75, 3.05) is 26.2 Å². The largest absolute Gasteiger partial charge is 0.351 e. The Hall–Kier alpha value is -2.57. The van der Waals surface area contributed by atoms with Gasteiger partial charge >= 0.3 is 0 Å². The molecule has 1 heterocycles. The molecule has 0 aliphatic carbocycles. The Kier molecular flexibility index (Phi) is 6.25. The van der Waals surface area contributed by atoms with Crippen molar-refractivity contribution >= 4 is 5.91 Å². The fourth-order valence-corrected chi connectivity index (χ4v) is 2.98. The third-order valence-corrected chi connectivity index (χ3v) is 4.43. The van der Waals surface area contributed by atoms with E-state index in [0.717, 1.165) is 30.8 Å². The number of amides is 1. The van der Waals surface area contributed by atoms with E-state index in [1.54, 1.807) is 0 Å². The summed E-state index contributed by atoms with van der Waals surface area (Å²) in [6, 6.07) is 17.4. The van der Waals surface area contributed by atoms with E-state index in [9.17, 15) is 4.79 Å². The molecular formula is C22H24N2O. The van der Waals surface area contributed by atoms with Gasteiger partial charge in [0.1, 0.15) is 0 Å². The maximum Gasteiger partial charge on any atom is 0.251 e. The van der Waals surface area contributed by atoms with Gasteiger partial charge in [-0.1, -0.05) is 36.5 Å². The molecule has 1 fully saturated rings. The van der Waals surface area contributed by atoms with Crippen molar-refractivity contribution < 1.29 is 4.79 Å². The molecule has 2 aromatic rings. The van der Waals surface area contributed by atoms with E-state index in [2.05, 4.69) is 22.1 Å². The number of nitrogens with zero attached hydrogens (tertiary/aromatic N) is 1. The minimum Gasteiger partial charge on any atom is -0.351 e. The number of rotatable bonds is 4. The minimum absolute atomic E-state index is 0.0143. The summed E-state index contributed by atoms with van der Waals surface area (Å²) >= 11 is 0. The first-order valence-electron chi connectivity index (χ1n) is 8.99. The first kappa shape index (κ1) is 17.3. The second kappa shape index (κ2) is 9.05. The Morgan fingerprint density at radius 3 is 2.20 bits per heavy atom. The highest BCUT2D eigenvalue weighted by Crippen LogP contribution is 2.08. The third kappa shape index (κ3) is 5.48.